The molecule has 148 valence electrons. The lowest BCUT2D eigenvalue weighted by atomic mass is 10.1. The minimum absolute atomic E-state index is 0.0247. The second-order valence-corrected chi connectivity index (χ2v) is 10.3. The number of fused-ring (bicyclic) bond motifs is 1. The monoisotopic (exact) mass is 419 g/mol. The Morgan fingerprint density at radius 1 is 1.21 bits per heavy atom. The molecule has 0 saturated carbocycles. The number of amides is 1. The van der Waals surface area contributed by atoms with E-state index in [9.17, 15) is 13.2 Å². The highest BCUT2D eigenvalue weighted by Crippen LogP contribution is 2.34. The Hall–Kier alpha value is -2.26. The van der Waals surface area contributed by atoms with Gasteiger partial charge in [0.15, 0.2) is 15.0 Å². The van der Waals surface area contributed by atoms with Crippen molar-refractivity contribution < 1.29 is 17.6 Å². The number of amidine groups is 1. The molecule has 2 aromatic rings. The fourth-order valence-electron chi connectivity index (χ4n) is 3.27. The molecule has 1 amide bonds. The predicted octanol–water partition coefficient (Wildman–Crippen LogP) is 1.86. The Bertz CT molecular complexity index is 969. The number of hydrogen-bond acceptors (Lipinski definition) is 7. The molecule has 28 heavy (non-hydrogen) atoms. The summed E-state index contributed by atoms with van der Waals surface area (Å²) >= 11 is 1.49. The minimum Gasteiger partial charge on any atom is -0.469 e. The Kier molecular flexibility index (Phi) is 5.45. The maximum atomic E-state index is 12.0. The zero-order valence-corrected chi connectivity index (χ0v) is 16.8. The Balaban J connectivity index is 1.24. The van der Waals surface area contributed by atoms with Crippen molar-refractivity contribution in [2.75, 3.05) is 23.4 Å². The van der Waals surface area contributed by atoms with Crippen LogP contribution in [0.2, 0.25) is 0 Å². The second-order valence-electron chi connectivity index (χ2n) is 6.91. The highest BCUT2D eigenvalue weighted by Gasteiger charge is 2.42. The standard InChI is InChI=1S/C19H21N3O4S2/c23-18(20-8-7-15-2-1-9-26-15)10-13-3-5-14(6-4-13)21-19-22-16-11-28(24,25)12-17(16)27-19/h1-6,9,16-17H,7-8,10-12H2,(H,20,23)(H,21,22)/t16-,17-/m0/s1. The quantitative estimate of drug-likeness (QED) is 0.741. The van der Waals surface area contributed by atoms with Gasteiger partial charge in [-0.25, -0.2) is 8.42 Å². The number of furan rings is 1. The van der Waals surface area contributed by atoms with Crippen LogP contribution >= 0.6 is 11.8 Å². The summed E-state index contributed by atoms with van der Waals surface area (Å²) in [6.45, 7) is 0.543. The Morgan fingerprint density at radius 2 is 2.04 bits per heavy atom. The number of thioether (sulfide) groups is 1. The molecule has 0 radical (unpaired) electrons. The first-order valence-electron chi connectivity index (χ1n) is 9.07. The lowest BCUT2D eigenvalue weighted by molar-refractivity contribution is -0.120. The van der Waals surface area contributed by atoms with Crippen molar-refractivity contribution in [1.29, 1.82) is 0 Å². The van der Waals surface area contributed by atoms with Crippen molar-refractivity contribution in [2.45, 2.75) is 24.1 Å². The predicted molar refractivity (Wildman–Crippen MR) is 110 cm³/mol. The van der Waals surface area contributed by atoms with E-state index in [1.807, 2.05) is 36.4 Å². The van der Waals surface area contributed by atoms with Crippen molar-refractivity contribution in [3.63, 3.8) is 0 Å². The van der Waals surface area contributed by atoms with Crippen LogP contribution in [0.5, 0.6) is 0 Å². The summed E-state index contributed by atoms with van der Waals surface area (Å²) in [5.41, 5.74) is 1.79. The Morgan fingerprint density at radius 3 is 2.75 bits per heavy atom. The van der Waals surface area contributed by atoms with Crippen LogP contribution in [0.25, 0.3) is 0 Å². The van der Waals surface area contributed by atoms with E-state index in [4.69, 9.17) is 4.42 Å². The van der Waals surface area contributed by atoms with Crippen LogP contribution in [0, 0.1) is 0 Å². The van der Waals surface area contributed by atoms with Crippen LogP contribution in [0.3, 0.4) is 0 Å². The first-order chi connectivity index (χ1) is 13.5. The molecule has 2 atom stereocenters. The molecule has 4 rings (SSSR count). The van der Waals surface area contributed by atoms with Crippen molar-refractivity contribution in [2.24, 2.45) is 4.99 Å². The van der Waals surface area contributed by atoms with Crippen LogP contribution in [0.1, 0.15) is 11.3 Å². The fraction of sp³-hybridized carbons (Fsp3) is 0.368. The van der Waals surface area contributed by atoms with Gasteiger partial charge in [0.1, 0.15) is 5.76 Å². The zero-order valence-electron chi connectivity index (χ0n) is 15.1. The molecule has 7 nitrogen and oxygen atoms in total. The lowest BCUT2D eigenvalue weighted by Crippen LogP contribution is -2.27. The summed E-state index contributed by atoms with van der Waals surface area (Å²) in [4.78, 5) is 16.5. The molecule has 3 heterocycles. The smallest absolute Gasteiger partial charge is 0.224 e. The van der Waals surface area contributed by atoms with Gasteiger partial charge in [-0.1, -0.05) is 23.9 Å². The van der Waals surface area contributed by atoms with Crippen LogP contribution in [0.15, 0.2) is 52.1 Å². The maximum Gasteiger partial charge on any atom is 0.224 e. The molecule has 0 spiro atoms. The number of anilines is 1. The zero-order chi connectivity index (χ0) is 19.6. The van der Waals surface area contributed by atoms with Gasteiger partial charge in [0.2, 0.25) is 5.91 Å². The molecule has 2 N–H and O–H groups in total. The van der Waals surface area contributed by atoms with E-state index < -0.39 is 9.84 Å². The van der Waals surface area contributed by atoms with Gasteiger partial charge in [0.25, 0.3) is 0 Å². The summed E-state index contributed by atoms with van der Waals surface area (Å²) in [6, 6.07) is 11.2. The summed E-state index contributed by atoms with van der Waals surface area (Å²) < 4.78 is 28.5. The van der Waals surface area contributed by atoms with Gasteiger partial charge in [-0.05, 0) is 29.8 Å². The molecule has 2 aliphatic heterocycles. The average molecular weight is 420 g/mol. The second kappa shape index (κ2) is 8.00. The molecule has 1 aromatic heterocycles. The van der Waals surface area contributed by atoms with E-state index in [1.165, 1.54) is 11.8 Å². The van der Waals surface area contributed by atoms with Crippen LogP contribution in [-0.4, -0.2) is 48.8 Å². The van der Waals surface area contributed by atoms with E-state index in [0.717, 1.165) is 22.2 Å². The Labute approximate surface area is 167 Å². The lowest BCUT2D eigenvalue weighted by Gasteiger charge is -2.08. The van der Waals surface area contributed by atoms with Gasteiger partial charge >= 0.3 is 0 Å². The topological polar surface area (TPSA) is 101 Å². The van der Waals surface area contributed by atoms with E-state index in [-0.39, 0.29) is 28.7 Å². The molecular weight excluding hydrogens is 398 g/mol. The number of sulfone groups is 1. The number of aliphatic imine (C=N–C) groups is 1. The highest BCUT2D eigenvalue weighted by molar-refractivity contribution is 8.15. The summed E-state index contributed by atoms with van der Waals surface area (Å²) in [7, 11) is -2.94. The van der Waals surface area contributed by atoms with Gasteiger partial charge in [0.05, 0.1) is 30.2 Å². The number of carbonyl (C=O) groups excluding carboxylic acids is 1. The van der Waals surface area contributed by atoms with Crippen molar-refractivity contribution in [3.8, 4) is 0 Å². The molecule has 0 bridgehead atoms. The number of carbonyl (C=O) groups is 1. The van der Waals surface area contributed by atoms with E-state index >= 15 is 0 Å². The molecule has 0 unspecified atom stereocenters. The molecule has 1 fully saturated rings. The van der Waals surface area contributed by atoms with Crippen LogP contribution in [0.4, 0.5) is 5.69 Å². The molecule has 1 aromatic carbocycles. The SMILES string of the molecule is O=C(Cc1ccc(NC2=N[C@H]3CS(=O)(=O)C[C@@H]3S2)cc1)NCCc1ccco1. The third-order valence-corrected chi connectivity index (χ3v) is 7.80. The number of benzene rings is 1. The number of rotatable bonds is 6. The molecular formula is C19H21N3O4S2. The van der Waals surface area contributed by atoms with E-state index in [1.54, 1.807) is 6.26 Å². The molecule has 9 heteroatoms. The third kappa shape index (κ3) is 4.77. The molecule has 1 saturated heterocycles. The molecule has 0 aliphatic carbocycles. The summed E-state index contributed by atoms with van der Waals surface area (Å²) in [5, 5.41) is 6.90. The van der Waals surface area contributed by atoms with Crippen molar-refractivity contribution in [3.05, 3.63) is 54.0 Å². The number of nitrogens with zero attached hydrogens (tertiary/aromatic N) is 1. The van der Waals surface area contributed by atoms with Crippen molar-refractivity contribution >= 4 is 38.4 Å². The van der Waals surface area contributed by atoms with Crippen molar-refractivity contribution in [1.82, 2.24) is 5.32 Å². The fourth-order valence-corrected chi connectivity index (χ4v) is 6.95. The van der Waals surface area contributed by atoms with Crippen LogP contribution in [-0.2, 0) is 27.5 Å². The van der Waals surface area contributed by atoms with Crippen LogP contribution < -0.4 is 10.6 Å². The number of nitrogens with one attached hydrogen (secondary N) is 2. The summed E-state index contributed by atoms with van der Waals surface area (Å²) in [6.07, 6.45) is 2.61. The first kappa shape index (κ1) is 19.1. The first-order valence-corrected chi connectivity index (χ1v) is 11.8. The van der Waals surface area contributed by atoms with Gasteiger partial charge < -0.3 is 15.1 Å². The normalized spacial score (nSPS) is 22.5. The van der Waals surface area contributed by atoms with E-state index in [2.05, 4.69) is 15.6 Å². The molecule has 2 aliphatic rings. The van der Waals surface area contributed by atoms with Gasteiger partial charge in [-0.2, -0.15) is 0 Å². The third-order valence-electron chi connectivity index (χ3n) is 4.66. The minimum atomic E-state index is -2.94. The average Bonchev–Trinajstić information content (AvgIpc) is 3.32. The maximum absolute atomic E-state index is 12.0. The van der Waals surface area contributed by atoms with E-state index in [0.29, 0.717) is 19.4 Å². The van der Waals surface area contributed by atoms with Gasteiger partial charge in [-0.3, -0.25) is 9.79 Å². The van der Waals surface area contributed by atoms with Gasteiger partial charge in [0, 0.05) is 23.9 Å². The largest absolute Gasteiger partial charge is 0.469 e. The van der Waals surface area contributed by atoms with Gasteiger partial charge in [-0.15, -0.1) is 0 Å². The highest BCUT2D eigenvalue weighted by atomic mass is 32.2. The number of hydrogen-bond donors (Lipinski definition) is 2. The summed E-state index contributed by atoms with van der Waals surface area (Å²) in [5.74, 6) is 1.16.